The number of benzene rings is 1. The van der Waals surface area contributed by atoms with E-state index in [-0.39, 0.29) is 23.7 Å². The maximum absolute atomic E-state index is 13.3. The first kappa shape index (κ1) is 11.4. The van der Waals surface area contributed by atoms with Gasteiger partial charge in [-0.3, -0.25) is 4.79 Å². The normalized spacial score (nSPS) is 10.5. The van der Waals surface area contributed by atoms with E-state index in [4.69, 9.17) is 0 Å². The van der Waals surface area contributed by atoms with Crippen LogP contribution in [-0.2, 0) is 6.54 Å². The quantitative estimate of drug-likeness (QED) is 0.765. The molecule has 0 aliphatic carbocycles. The van der Waals surface area contributed by atoms with Crippen LogP contribution in [-0.4, -0.2) is 20.5 Å². The molecule has 0 bridgehead atoms. The molecule has 0 saturated carbocycles. The molecule has 17 heavy (non-hydrogen) atoms. The zero-order valence-electron chi connectivity index (χ0n) is 9.02. The third kappa shape index (κ3) is 2.35. The standard InChI is InChI=1S/C11H9F2N3O/c1-7(17)11-14-6-16(15-11)5-8-9(12)3-2-4-10(8)13/h2-4,6H,5H2,1H3. The van der Waals surface area contributed by atoms with Crippen molar-refractivity contribution in [2.24, 2.45) is 0 Å². The van der Waals surface area contributed by atoms with Crippen molar-refractivity contribution < 1.29 is 13.6 Å². The van der Waals surface area contributed by atoms with E-state index in [9.17, 15) is 13.6 Å². The van der Waals surface area contributed by atoms with Crippen LogP contribution in [0.1, 0.15) is 23.1 Å². The molecule has 0 amide bonds. The minimum absolute atomic E-state index is 0.0294. The highest BCUT2D eigenvalue weighted by atomic mass is 19.1. The third-order valence-corrected chi connectivity index (χ3v) is 2.23. The number of hydrogen-bond acceptors (Lipinski definition) is 3. The van der Waals surface area contributed by atoms with Gasteiger partial charge < -0.3 is 0 Å². The van der Waals surface area contributed by atoms with Gasteiger partial charge in [-0.25, -0.2) is 18.4 Å². The molecule has 2 aromatic rings. The summed E-state index contributed by atoms with van der Waals surface area (Å²) in [6, 6.07) is 3.62. The highest BCUT2D eigenvalue weighted by Crippen LogP contribution is 2.13. The van der Waals surface area contributed by atoms with Crippen molar-refractivity contribution in [2.75, 3.05) is 0 Å². The van der Waals surface area contributed by atoms with Crippen molar-refractivity contribution in [1.29, 1.82) is 0 Å². The summed E-state index contributed by atoms with van der Waals surface area (Å²) in [4.78, 5) is 14.7. The predicted octanol–water partition coefficient (Wildman–Crippen LogP) is 1.81. The predicted molar refractivity (Wildman–Crippen MR) is 55.5 cm³/mol. The largest absolute Gasteiger partial charge is 0.291 e. The molecule has 0 radical (unpaired) electrons. The summed E-state index contributed by atoms with van der Waals surface area (Å²) in [5.41, 5.74) is -0.104. The van der Waals surface area contributed by atoms with Crippen LogP contribution in [0, 0.1) is 11.6 Å². The lowest BCUT2D eigenvalue weighted by Gasteiger charge is -2.03. The van der Waals surface area contributed by atoms with Gasteiger partial charge in [-0.1, -0.05) is 6.07 Å². The molecular weight excluding hydrogens is 228 g/mol. The highest BCUT2D eigenvalue weighted by Gasteiger charge is 2.11. The number of Topliss-reactive ketones (excluding diaryl/α,β-unsaturated/α-hetero) is 1. The molecule has 0 spiro atoms. The topological polar surface area (TPSA) is 47.8 Å². The number of halogens is 2. The molecule has 2 rings (SSSR count). The van der Waals surface area contributed by atoms with Crippen LogP contribution in [0.2, 0.25) is 0 Å². The monoisotopic (exact) mass is 237 g/mol. The average molecular weight is 237 g/mol. The van der Waals surface area contributed by atoms with Gasteiger partial charge >= 0.3 is 0 Å². The SMILES string of the molecule is CC(=O)c1ncn(Cc2c(F)cccc2F)n1. The Balaban J connectivity index is 2.28. The number of nitrogens with zero attached hydrogens (tertiary/aromatic N) is 3. The molecule has 0 unspecified atom stereocenters. The van der Waals surface area contributed by atoms with Crippen LogP contribution in [0.5, 0.6) is 0 Å². The molecule has 0 saturated heterocycles. The van der Waals surface area contributed by atoms with Crippen molar-refractivity contribution in [3.8, 4) is 0 Å². The van der Waals surface area contributed by atoms with Gasteiger partial charge in [0.1, 0.15) is 18.0 Å². The summed E-state index contributed by atoms with van der Waals surface area (Å²) >= 11 is 0. The van der Waals surface area contributed by atoms with Crippen LogP contribution < -0.4 is 0 Å². The van der Waals surface area contributed by atoms with Gasteiger partial charge in [0.2, 0.25) is 5.82 Å². The van der Waals surface area contributed by atoms with Crippen LogP contribution in [0.4, 0.5) is 8.78 Å². The van der Waals surface area contributed by atoms with Gasteiger partial charge in [0.25, 0.3) is 0 Å². The van der Waals surface area contributed by atoms with Crippen LogP contribution in [0.15, 0.2) is 24.5 Å². The molecule has 4 nitrogen and oxygen atoms in total. The van der Waals surface area contributed by atoms with Gasteiger partial charge in [0.05, 0.1) is 6.54 Å². The van der Waals surface area contributed by atoms with Crippen molar-refractivity contribution >= 4 is 5.78 Å². The first-order chi connectivity index (χ1) is 8.08. The van der Waals surface area contributed by atoms with Crippen molar-refractivity contribution in [2.45, 2.75) is 13.5 Å². The lowest BCUT2D eigenvalue weighted by molar-refractivity contribution is 0.100. The number of carbonyl (C=O) groups excluding carboxylic acids is 1. The Hall–Kier alpha value is -2.11. The molecule has 88 valence electrons. The van der Waals surface area contributed by atoms with E-state index in [0.29, 0.717) is 0 Å². The maximum atomic E-state index is 13.3. The Morgan fingerprint density at radius 2 is 2.00 bits per heavy atom. The minimum Gasteiger partial charge on any atom is -0.291 e. The highest BCUT2D eigenvalue weighted by molar-refractivity contribution is 5.89. The Labute approximate surface area is 95.9 Å². The number of rotatable bonds is 3. The Morgan fingerprint density at radius 3 is 2.53 bits per heavy atom. The first-order valence-electron chi connectivity index (χ1n) is 4.91. The average Bonchev–Trinajstić information content (AvgIpc) is 2.72. The minimum atomic E-state index is -0.648. The zero-order valence-corrected chi connectivity index (χ0v) is 9.02. The van der Waals surface area contributed by atoms with Crippen LogP contribution >= 0.6 is 0 Å². The zero-order chi connectivity index (χ0) is 12.4. The second-order valence-corrected chi connectivity index (χ2v) is 3.52. The molecule has 6 heteroatoms. The van der Waals surface area contributed by atoms with Crippen LogP contribution in [0.25, 0.3) is 0 Å². The van der Waals surface area contributed by atoms with Gasteiger partial charge in [-0.15, -0.1) is 5.10 Å². The number of hydrogen-bond donors (Lipinski definition) is 0. The second-order valence-electron chi connectivity index (χ2n) is 3.52. The molecule has 1 aromatic heterocycles. The van der Waals surface area contributed by atoms with E-state index in [0.717, 1.165) is 0 Å². The van der Waals surface area contributed by atoms with E-state index < -0.39 is 11.6 Å². The summed E-state index contributed by atoms with van der Waals surface area (Å²) in [5.74, 6) is -1.56. The molecular formula is C11H9F2N3O. The maximum Gasteiger partial charge on any atom is 0.216 e. The fourth-order valence-electron chi connectivity index (χ4n) is 1.38. The van der Waals surface area contributed by atoms with E-state index in [1.54, 1.807) is 0 Å². The molecule has 0 N–H and O–H groups in total. The first-order valence-corrected chi connectivity index (χ1v) is 4.91. The molecule has 0 aliphatic heterocycles. The van der Waals surface area contributed by atoms with E-state index in [1.807, 2.05) is 0 Å². The van der Waals surface area contributed by atoms with Gasteiger partial charge in [-0.2, -0.15) is 0 Å². The summed E-state index contributed by atoms with van der Waals surface area (Å²) in [6.07, 6.45) is 1.27. The summed E-state index contributed by atoms with van der Waals surface area (Å²) in [5, 5.41) is 3.81. The summed E-state index contributed by atoms with van der Waals surface area (Å²) < 4.78 is 27.9. The number of aromatic nitrogens is 3. The molecule has 0 aliphatic rings. The fourth-order valence-corrected chi connectivity index (χ4v) is 1.38. The van der Waals surface area contributed by atoms with E-state index >= 15 is 0 Å². The summed E-state index contributed by atoms with van der Waals surface area (Å²) in [6.45, 7) is 1.22. The van der Waals surface area contributed by atoms with Crippen molar-refractivity contribution in [1.82, 2.24) is 14.8 Å². The van der Waals surface area contributed by atoms with Gasteiger partial charge in [0.15, 0.2) is 5.78 Å². The summed E-state index contributed by atoms with van der Waals surface area (Å²) in [7, 11) is 0. The molecule has 1 aromatic carbocycles. The Bertz CT molecular complexity index is 545. The second kappa shape index (κ2) is 4.40. The van der Waals surface area contributed by atoms with E-state index in [1.165, 1.54) is 36.1 Å². The van der Waals surface area contributed by atoms with Crippen molar-refractivity contribution in [3.63, 3.8) is 0 Å². The molecule has 1 heterocycles. The Morgan fingerprint density at radius 1 is 1.35 bits per heavy atom. The lowest BCUT2D eigenvalue weighted by atomic mass is 10.2. The number of ketones is 1. The molecule has 0 fully saturated rings. The van der Waals surface area contributed by atoms with Gasteiger partial charge in [0, 0.05) is 12.5 Å². The van der Waals surface area contributed by atoms with Crippen molar-refractivity contribution in [3.05, 3.63) is 47.5 Å². The Kier molecular flexibility index (Phi) is 2.95. The lowest BCUT2D eigenvalue weighted by Crippen LogP contribution is -2.06. The third-order valence-electron chi connectivity index (χ3n) is 2.23. The van der Waals surface area contributed by atoms with Gasteiger partial charge in [-0.05, 0) is 12.1 Å². The fraction of sp³-hybridized carbons (Fsp3) is 0.182. The smallest absolute Gasteiger partial charge is 0.216 e. The van der Waals surface area contributed by atoms with Crippen LogP contribution in [0.3, 0.4) is 0 Å². The van der Waals surface area contributed by atoms with E-state index in [2.05, 4.69) is 10.1 Å². The molecule has 0 atom stereocenters. The number of carbonyl (C=O) groups is 1.